The van der Waals surface area contributed by atoms with Gasteiger partial charge in [-0.25, -0.2) is 0 Å². The zero-order chi connectivity index (χ0) is 13.8. The molecule has 110 valence electrons. The number of fused-ring (bicyclic) bond motifs is 1. The second kappa shape index (κ2) is 7.16. The number of rotatable bonds is 5. The van der Waals surface area contributed by atoms with Gasteiger partial charge in [-0.1, -0.05) is 18.2 Å². The van der Waals surface area contributed by atoms with Crippen LogP contribution in [0.3, 0.4) is 0 Å². The fraction of sp³-hybridized carbons (Fsp3) is 0.176. The standard InChI is InChI=1S/C17H18N2O.ClH/c20-16-4-1-13(2-5-16)7-9-18-12-14-3-6-17-15(11-14)8-10-19-17;/h1-6,8,10-11,18-20H,7,9,12H2;1H. The number of aromatic hydroxyl groups is 1. The lowest BCUT2D eigenvalue weighted by Gasteiger charge is -2.06. The average Bonchev–Trinajstić information content (AvgIpc) is 2.93. The summed E-state index contributed by atoms with van der Waals surface area (Å²) in [7, 11) is 0. The summed E-state index contributed by atoms with van der Waals surface area (Å²) in [4.78, 5) is 3.20. The Morgan fingerprint density at radius 2 is 1.71 bits per heavy atom. The molecule has 3 N–H and O–H groups in total. The van der Waals surface area contributed by atoms with Crippen molar-refractivity contribution < 1.29 is 5.11 Å². The van der Waals surface area contributed by atoms with Crippen molar-refractivity contribution in [1.82, 2.24) is 10.3 Å². The normalized spacial score (nSPS) is 10.5. The van der Waals surface area contributed by atoms with Crippen LogP contribution >= 0.6 is 12.4 Å². The lowest BCUT2D eigenvalue weighted by atomic mass is 10.1. The van der Waals surface area contributed by atoms with Crippen molar-refractivity contribution in [3.63, 3.8) is 0 Å². The molecule has 0 saturated carbocycles. The van der Waals surface area contributed by atoms with E-state index < -0.39 is 0 Å². The maximum atomic E-state index is 9.23. The first-order valence-electron chi connectivity index (χ1n) is 6.86. The summed E-state index contributed by atoms with van der Waals surface area (Å²) in [6.45, 7) is 1.80. The van der Waals surface area contributed by atoms with Gasteiger partial charge in [0.1, 0.15) is 5.75 Å². The molecule has 0 aliphatic rings. The van der Waals surface area contributed by atoms with E-state index >= 15 is 0 Å². The second-order valence-corrected chi connectivity index (χ2v) is 4.99. The van der Waals surface area contributed by atoms with Crippen molar-refractivity contribution in [2.45, 2.75) is 13.0 Å². The number of halogens is 1. The van der Waals surface area contributed by atoms with Gasteiger partial charge in [-0.2, -0.15) is 0 Å². The molecule has 3 rings (SSSR count). The van der Waals surface area contributed by atoms with Gasteiger partial charge >= 0.3 is 0 Å². The molecule has 3 aromatic rings. The van der Waals surface area contributed by atoms with Crippen LogP contribution in [0.2, 0.25) is 0 Å². The molecule has 0 aliphatic heterocycles. The molecular weight excluding hydrogens is 284 g/mol. The topological polar surface area (TPSA) is 48.0 Å². The van der Waals surface area contributed by atoms with E-state index in [-0.39, 0.29) is 12.4 Å². The average molecular weight is 303 g/mol. The summed E-state index contributed by atoms with van der Waals surface area (Å²) in [6, 6.07) is 15.9. The monoisotopic (exact) mass is 302 g/mol. The van der Waals surface area contributed by atoms with Crippen molar-refractivity contribution >= 4 is 23.3 Å². The van der Waals surface area contributed by atoms with Crippen LogP contribution in [0.25, 0.3) is 10.9 Å². The molecule has 0 spiro atoms. The number of hydrogen-bond donors (Lipinski definition) is 3. The van der Waals surface area contributed by atoms with E-state index in [0.717, 1.165) is 19.5 Å². The Morgan fingerprint density at radius 3 is 2.52 bits per heavy atom. The van der Waals surface area contributed by atoms with Gasteiger partial charge in [-0.3, -0.25) is 0 Å². The smallest absolute Gasteiger partial charge is 0.115 e. The molecule has 0 atom stereocenters. The molecule has 0 bridgehead atoms. The number of phenolic OH excluding ortho intramolecular Hbond substituents is 1. The summed E-state index contributed by atoms with van der Waals surface area (Å²) in [6.07, 6.45) is 2.93. The zero-order valence-electron chi connectivity index (χ0n) is 11.7. The number of aromatic amines is 1. The number of aromatic nitrogens is 1. The maximum Gasteiger partial charge on any atom is 0.115 e. The molecular formula is C17H19ClN2O. The van der Waals surface area contributed by atoms with E-state index in [0.29, 0.717) is 5.75 Å². The number of H-pyrrole nitrogens is 1. The molecule has 0 amide bonds. The minimum Gasteiger partial charge on any atom is -0.508 e. The van der Waals surface area contributed by atoms with Crippen molar-refractivity contribution in [1.29, 1.82) is 0 Å². The SMILES string of the molecule is Cl.Oc1ccc(CCNCc2ccc3[nH]ccc3c2)cc1. The van der Waals surface area contributed by atoms with E-state index in [1.54, 1.807) is 12.1 Å². The molecule has 1 heterocycles. The molecule has 21 heavy (non-hydrogen) atoms. The highest BCUT2D eigenvalue weighted by Gasteiger charge is 1.98. The van der Waals surface area contributed by atoms with Gasteiger partial charge in [0.15, 0.2) is 0 Å². The zero-order valence-corrected chi connectivity index (χ0v) is 12.5. The molecule has 3 nitrogen and oxygen atoms in total. The third-order valence-corrected chi connectivity index (χ3v) is 3.47. The van der Waals surface area contributed by atoms with Crippen molar-refractivity contribution in [2.24, 2.45) is 0 Å². The Kier molecular flexibility index (Phi) is 5.26. The number of hydrogen-bond acceptors (Lipinski definition) is 2. The molecule has 1 aromatic heterocycles. The van der Waals surface area contributed by atoms with Gasteiger partial charge in [0.2, 0.25) is 0 Å². The molecule has 0 radical (unpaired) electrons. The molecule has 0 saturated heterocycles. The predicted octanol–water partition coefficient (Wildman–Crippen LogP) is 3.63. The molecule has 2 aromatic carbocycles. The molecule has 0 aliphatic carbocycles. The summed E-state index contributed by atoms with van der Waals surface area (Å²) in [5, 5.41) is 13.9. The predicted molar refractivity (Wildman–Crippen MR) is 89.1 cm³/mol. The third-order valence-electron chi connectivity index (χ3n) is 3.47. The first-order chi connectivity index (χ1) is 9.81. The summed E-state index contributed by atoms with van der Waals surface area (Å²) in [5.41, 5.74) is 3.71. The van der Waals surface area contributed by atoms with Crippen molar-refractivity contribution in [3.8, 4) is 5.75 Å². The van der Waals surface area contributed by atoms with Crippen molar-refractivity contribution in [3.05, 3.63) is 65.9 Å². The number of phenols is 1. The fourth-order valence-electron chi connectivity index (χ4n) is 2.34. The van der Waals surface area contributed by atoms with Gasteiger partial charge in [0.05, 0.1) is 0 Å². The lowest BCUT2D eigenvalue weighted by molar-refractivity contribution is 0.475. The van der Waals surface area contributed by atoms with Crippen molar-refractivity contribution in [2.75, 3.05) is 6.54 Å². The van der Waals surface area contributed by atoms with Crippen LogP contribution in [0.4, 0.5) is 0 Å². The summed E-state index contributed by atoms with van der Waals surface area (Å²) >= 11 is 0. The van der Waals surface area contributed by atoms with Crippen LogP contribution in [0.15, 0.2) is 54.7 Å². The minimum absolute atomic E-state index is 0. The van der Waals surface area contributed by atoms with Gasteiger partial charge in [-0.15, -0.1) is 12.4 Å². The van der Waals surface area contributed by atoms with E-state index in [9.17, 15) is 5.11 Å². The Morgan fingerprint density at radius 1 is 0.952 bits per heavy atom. The second-order valence-electron chi connectivity index (χ2n) is 4.99. The Bertz CT molecular complexity index is 691. The first-order valence-corrected chi connectivity index (χ1v) is 6.86. The highest BCUT2D eigenvalue weighted by molar-refractivity contribution is 5.85. The quantitative estimate of drug-likeness (QED) is 0.630. The van der Waals surface area contributed by atoms with Gasteiger partial charge < -0.3 is 15.4 Å². The largest absolute Gasteiger partial charge is 0.508 e. The lowest BCUT2D eigenvalue weighted by Crippen LogP contribution is -2.16. The van der Waals surface area contributed by atoms with E-state index in [1.807, 2.05) is 18.3 Å². The van der Waals surface area contributed by atoms with Crippen LogP contribution in [0.5, 0.6) is 5.75 Å². The Labute approximate surface area is 130 Å². The third kappa shape index (κ3) is 4.00. The fourth-order valence-corrected chi connectivity index (χ4v) is 2.34. The first kappa shape index (κ1) is 15.4. The van der Waals surface area contributed by atoms with Crippen LogP contribution in [-0.4, -0.2) is 16.6 Å². The number of nitrogens with one attached hydrogen (secondary N) is 2. The highest BCUT2D eigenvalue weighted by atomic mass is 35.5. The Balaban J connectivity index is 0.00000161. The maximum absolute atomic E-state index is 9.23. The van der Waals surface area contributed by atoms with Crippen LogP contribution < -0.4 is 5.32 Å². The van der Waals surface area contributed by atoms with Crippen LogP contribution in [-0.2, 0) is 13.0 Å². The van der Waals surface area contributed by atoms with E-state index in [4.69, 9.17) is 0 Å². The molecule has 0 unspecified atom stereocenters. The van der Waals surface area contributed by atoms with E-state index in [2.05, 4.69) is 34.6 Å². The number of benzene rings is 2. The van der Waals surface area contributed by atoms with E-state index in [1.165, 1.54) is 22.0 Å². The van der Waals surface area contributed by atoms with Crippen LogP contribution in [0.1, 0.15) is 11.1 Å². The molecule has 0 fully saturated rings. The highest BCUT2D eigenvalue weighted by Crippen LogP contribution is 2.14. The summed E-state index contributed by atoms with van der Waals surface area (Å²) < 4.78 is 0. The van der Waals surface area contributed by atoms with Gasteiger partial charge in [0.25, 0.3) is 0 Å². The summed E-state index contributed by atoms with van der Waals surface area (Å²) in [5.74, 6) is 0.321. The Hall–Kier alpha value is -1.97. The van der Waals surface area contributed by atoms with Gasteiger partial charge in [0, 0.05) is 18.3 Å². The molecule has 4 heteroatoms. The van der Waals surface area contributed by atoms with Gasteiger partial charge in [-0.05, 0) is 59.8 Å². The van der Waals surface area contributed by atoms with Crippen LogP contribution in [0, 0.1) is 0 Å². The minimum atomic E-state index is 0.